The number of phenolic OH excluding ortho intramolecular Hbond substituents is 1. The van der Waals surface area contributed by atoms with E-state index in [0.29, 0.717) is 5.82 Å². The van der Waals surface area contributed by atoms with Gasteiger partial charge in [0.25, 0.3) is 0 Å². The van der Waals surface area contributed by atoms with Crippen molar-refractivity contribution < 1.29 is 5.11 Å². The van der Waals surface area contributed by atoms with Crippen molar-refractivity contribution in [1.82, 2.24) is 9.78 Å². The highest BCUT2D eigenvalue weighted by atomic mass is 32.1. The first-order chi connectivity index (χ1) is 8.74. The molecule has 0 bridgehead atoms. The second-order valence-electron chi connectivity index (χ2n) is 3.86. The van der Waals surface area contributed by atoms with Crippen molar-refractivity contribution in [3.63, 3.8) is 0 Å². The van der Waals surface area contributed by atoms with Crippen LogP contribution >= 0.6 is 11.3 Å². The smallest absolute Gasteiger partial charge is 0.127 e. The van der Waals surface area contributed by atoms with E-state index in [1.165, 1.54) is 0 Å². The molecular formula is C13H11N3OS. The maximum absolute atomic E-state index is 9.48. The molecule has 0 saturated heterocycles. The van der Waals surface area contributed by atoms with Crippen molar-refractivity contribution in [1.29, 1.82) is 0 Å². The Hall–Kier alpha value is -2.27. The van der Waals surface area contributed by atoms with Gasteiger partial charge in [-0.05, 0) is 23.6 Å². The van der Waals surface area contributed by atoms with Crippen LogP contribution in [0.5, 0.6) is 5.75 Å². The number of thiophene rings is 1. The molecule has 0 saturated carbocycles. The number of benzene rings is 1. The number of rotatable bonds is 2. The molecule has 18 heavy (non-hydrogen) atoms. The molecule has 3 rings (SSSR count). The number of anilines is 1. The summed E-state index contributed by atoms with van der Waals surface area (Å²) in [5.41, 5.74) is 7.54. The van der Waals surface area contributed by atoms with Gasteiger partial charge in [0.05, 0.1) is 10.6 Å². The molecule has 0 amide bonds. The molecule has 0 aliphatic rings. The molecule has 3 N–H and O–H groups in total. The van der Waals surface area contributed by atoms with Gasteiger partial charge in [0, 0.05) is 12.1 Å². The van der Waals surface area contributed by atoms with Gasteiger partial charge in [-0.1, -0.05) is 12.1 Å². The Kier molecular flexibility index (Phi) is 2.53. The molecule has 90 valence electrons. The summed E-state index contributed by atoms with van der Waals surface area (Å²) in [6.45, 7) is 0. The van der Waals surface area contributed by atoms with Crippen LogP contribution in [0, 0.1) is 0 Å². The minimum Gasteiger partial charge on any atom is -0.508 e. The molecule has 0 atom stereocenters. The molecule has 0 spiro atoms. The Labute approximate surface area is 108 Å². The van der Waals surface area contributed by atoms with E-state index in [2.05, 4.69) is 5.10 Å². The first kappa shape index (κ1) is 10.9. The number of aromatic hydroxyl groups is 1. The summed E-state index contributed by atoms with van der Waals surface area (Å²) in [4.78, 5) is 1.07. The zero-order chi connectivity index (χ0) is 12.5. The van der Waals surface area contributed by atoms with Gasteiger partial charge in [0.1, 0.15) is 17.3 Å². The monoisotopic (exact) mass is 257 g/mol. The SMILES string of the molecule is Nc1cc(-c2cccs2)nn1-c1cccc(O)c1. The molecule has 3 aromatic rings. The number of phenols is 1. The standard InChI is InChI=1S/C13H11N3OS/c14-13-8-11(12-5-2-6-18-12)15-16(13)9-3-1-4-10(17)7-9/h1-8,17H,14H2. The van der Waals surface area contributed by atoms with Crippen LogP contribution in [0.15, 0.2) is 47.8 Å². The van der Waals surface area contributed by atoms with E-state index in [9.17, 15) is 5.11 Å². The third kappa shape index (κ3) is 1.84. The van der Waals surface area contributed by atoms with Crippen molar-refractivity contribution in [2.45, 2.75) is 0 Å². The maximum atomic E-state index is 9.48. The van der Waals surface area contributed by atoms with Gasteiger partial charge < -0.3 is 10.8 Å². The Bertz CT molecular complexity index is 673. The largest absolute Gasteiger partial charge is 0.508 e. The molecule has 0 radical (unpaired) electrons. The van der Waals surface area contributed by atoms with Crippen LogP contribution in [-0.2, 0) is 0 Å². The van der Waals surface area contributed by atoms with E-state index >= 15 is 0 Å². The van der Waals surface area contributed by atoms with Crippen molar-refractivity contribution in [3.8, 4) is 22.0 Å². The van der Waals surface area contributed by atoms with Gasteiger partial charge in [-0.2, -0.15) is 5.10 Å². The van der Waals surface area contributed by atoms with Gasteiger partial charge in [0.15, 0.2) is 0 Å². The molecule has 0 unspecified atom stereocenters. The van der Waals surface area contributed by atoms with Crippen LogP contribution in [-0.4, -0.2) is 14.9 Å². The van der Waals surface area contributed by atoms with Gasteiger partial charge in [0.2, 0.25) is 0 Å². The first-order valence-electron chi connectivity index (χ1n) is 5.43. The number of nitrogen functional groups attached to an aromatic ring is 1. The first-order valence-corrected chi connectivity index (χ1v) is 6.31. The second kappa shape index (κ2) is 4.19. The van der Waals surface area contributed by atoms with E-state index in [1.54, 1.807) is 34.2 Å². The van der Waals surface area contributed by atoms with Gasteiger partial charge in [-0.3, -0.25) is 0 Å². The molecule has 4 nitrogen and oxygen atoms in total. The Morgan fingerprint density at radius 1 is 1.17 bits per heavy atom. The summed E-state index contributed by atoms with van der Waals surface area (Å²) < 4.78 is 1.62. The summed E-state index contributed by atoms with van der Waals surface area (Å²) in [5.74, 6) is 0.740. The number of aromatic nitrogens is 2. The van der Waals surface area contributed by atoms with E-state index in [-0.39, 0.29) is 5.75 Å². The quantitative estimate of drug-likeness (QED) is 0.742. The molecule has 5 heteroatoms. The van der Waals surface area contributed by atoms with E-state index in [0.717, 1.165) is 16.3 Å². The van der Waals surface area contributed by atoms with Crippen LogP contribution in [0.25, 0.3) is 16.3 Å². The lowest BCUT2D eigenvalue weighted by molar-refractivity contribution is 0.475. The van der Waals surface area contributed by atoms with Crippen LogP contribution in [0.1, 0.15) is 0 Å². The normalized spacial score (nSPS) is 10.7. The lowest BCUT2D eigenvalue weighted by Gasteiger charge is -2.03. The number of nitrogens with two attached hydrogens (primary N) is 1. The number of nitrogens with zero attached hydrogens (tertiary/aromatic N) is 2. The van der Waals surface area contributed by atoms with Crippen LogP contribution in [0.4, 0.5) is 5.82 Å². The molecule has 1 aromatic carbocycles. The fourth-order valence-electron chi connectivity index (χ4n) is 1.77. The Morgan fingerprint density at radius 3 is 2.78 bits per heavy atom. The minimum atomic E-state index is 0.195. The zero-order valence-corrected chi connectivity index (χ0v) is 10.3. The molecule has 2 heterocycles. The molecule has 2 aromatic heterocycles. The third-order valence-corrected chi connectivity index (χ3v) is 3.48. The summed E-state index contributed by atoms with van der Waals surface area (Å²) in [5, 5.41) is 15.9. The van der Waals surface area contributed by atoms with Crippen molar-refractivity contribution in [2.24, 2.45) is 0 Å². The molecule has 0 fully saturated rings. The highest BCUT2D eigenvalue weighted by Crippen LogP contribution is 2.27. The summed E-state index contributed by atoms with van der Waals surface area (Å²) in [6, 6.07) is 12.7. The van der Waals surface area contributed by atoms with Crippen LogP contribution in [0.2, 0.25) is 0 Å². The highest BCUT2D eigenvalue weighted by Gasteiger charge is 2.09. The lowest BCUT2D eigenvalue weighted by Crippen LogP contribution is -2.01. The van der Waals surface area contributed by atoms with Crippen molar-refractivity contribution in [2.75, 3.05) is 5.73 Å². The summed E-state index contributed by atoms with van der Waals surface area (Å²) in [6.07, 6.45) is 0. The van der Waals surface area contributed by atoms with Crippen molar-refractivity contribution >= 4 is 17.2 Å². The highest BCUT2D eigenvalue weighted by molar-refractivity contribution is 7.13. The fourth-order valence-corrected chi connectivity index (χ4v) is 2.45. The van der Waals surface area contributed by atoms with Gasteiger partial charge in [-0.25, -0.2) is 4.68 Å². The second-order valence-corrected chi connectivity index (χ2v) is 4.81. The lowest BCUT2D eigenvalue weighted by atomic mass is 10.3. The summed E-state index contributed by atoms with van der Waals surface area (Å²) in [7, 11) is 0. The van der Waals surface area contributed by atoms with Crippen LogP contribution in [0.3, 0.4) is 0 Å². The molecule has 0 aliphatic heterocycles. The third-order valence-electron chi connectivity index (χ3n) is 2.58. The van der Waals surface area contributed by atoms with Crippen molar-refractivity contribution in [3.05, 3.63) is 47.8 Å². The summed E-state index contributed by atoms with van der Waals surface area (Å²) >= 11 is 1.62. The van der Waals surface area contributed by atoms with Crippen LogP contribution < -0.4 is 5.73 Å². The topological polar surface area (TPSA) is 64.1 Å². The number of hydrogen-bond donors (Lipinski definition) is 2. The maximum Gasteiger partial charge on any atom is 0.127 e. The molecule has 0 aliphatic carbocycles. The average Bonchev–Trinajstić information content (AvgIpc) is 2.97. The van der Waals surface area contributed by atoms with E-state index in [1.807, 2.05) is 29.6 Å². The predicted molar refractivity (Wildman–Crippen MR) is 73.0 cm³/mol. The van der Waals surface area contributed by atoms with Gasteiger partial charge in [-0.15, -0.1) is 11.3 Å². The number of hydrogen-bond acceptors (Lipinski definition) is 4. The Balaban J connectivity index is 2.09. The Morgan fingerprint density at radius 2 is 2.06 bits per heavy atom. The fraction of sp³-hybridized carbons (Fsp3) is 0. The average molecular weight is 257 g/mol. The minimum absolute atomic E-state index is 0.195. The van der Waals surface area contributed by atoms with E-state index in [4.69, 9.17) is 5.73 Å². The van der Waals surface area contributed by atoms with E-state index < -0.39 is 0 Å². The van der Waals surface area contributed by atoms with Gasteiger partial charge >= 0.3 is 0 Å². The molecular weight excluding hydrogens is 246 g/mol. The zero-order valence-electron chi connectivity index (χ0n) is 9.45. The predicted octanol–water partition coefficient (Wildman–Crippen LogP) is 2.89.